The van der Waals surface area contributed by atoms with Gasteiger partial charge in [-0.2, -0.15) is 0 Å². The second-order valence-electron chi connectivity index (χ2n) is 8.06. The van der Waals surface area contributed by atoms with Crippen LogP contribution in [-0.4, -0.2) is 24.8 Å². The number of ether oxygens (including phenoxy) is 2. The Bertz CT molecular complexity index is 1680. The quantitative estimate of drug-likeness (QED) is 0.335. The fraction of sp³-hybridized carbons (Fsp3) is 0.148. The summed E-state index contributed by atoms with van der Waals surface area (Å²) in [6, 6.07) is 18.0. The Kier molecular flexibility index (Phi) is 6.51. The van der Waals surface area contributed by atoms with Crippen molar-refractivity contribution in [3.8, 4) is 17.1 Å². The third-order valence-electron chi connectivity index (χ3n) is 5.87. The van der Waals surface area contributed by atoms with Crippen molar-refractivity contribution in [2.75, 3.05) is 14.2 Å². The minimum atomic E-state index is -0.685. The summed E-state index contributed by atoms with van der Waals surface area (Å²) in [7, 11) is 2.90. The molecular weight excluding hydrogens is 544 g/mol. The van der Waals surface area contributed by atoms with Gasteiger partial charge in [-0.15, -0.1) is 0 Å². The van der Waals surface area contributed by atoms with E-state index in [-0.39, 0.29) is 5.56 Å². The fourth-order valence-electron chi connectivity index (χ4n) is 4.15. The van der Waals surface area contributed by atoms with Crippen LogP contribution in [0.4, 0.5) is 0 Å². The molecule has 7 nitrogen and oxygen atoms in total. The van der Waals surface area contributed by atoms with Crippen molar-refractivity contribution in [1.29, 1.82) is 0 Å². The van der Waals surface area contributed by atoms with E-state index in [9.17, 15) is 9.59 Å². The second kappa shape index (κ2) is 9.75. The summed E-state index contributed by atoms with van der Waals surface area (Å²) in [5.74, 6) is 1.37. The summed E-state index contributed by atoms with van der Waals surface area (Å²) < 4.78 is 19.3. The van der Waals surface area contributed by atoms with Crippen LogP contribution in [0.2, 0.25) is 0 Å². The van der Waals surface area contributed by atoms with Gasteiger partial charge in [-0.05, 0) is 48.9 Å². The van der Waals surface area contributed by atoms with Gasteiger partial charge in [0.2, 0.25) is 0 Å². The molecule has 4 aromatic rings. The number of carbonyl (C=O) groups excluding carboxylic acids is 1. The first-order valence-corrected chi connectivity index (χ1v) is 12.6. The van der Waals surface area contributed by atoms with Crippen LogP contribution in [0.15, 0.2) is 90.6 Å². The molecule has 0 spiro atoms. The van der Waals surface area contributed by atoms with Gasteiger partial charge < -0.3 is 13.9 Å². The van der Waals surface area contributed by atoms with Crippen molar-refractivity contribution in [3.63, 3.8) is 0 Å². The number of thiazole rings is 1. The Balaban J connectivity index is 1.64. The van der Waals surface area contributed by atoms with E-state index in [1.54, 1.807) is 32.2 Å². The monoisotopic (exact) mass is 564 g/mol. The zero-order valence-electron chi connectivity index (χ0n) is 19.7. The molecule has 0 amide bonds. The van der Waals surface area contributed by atoms with Crippen LogP contribution in [0.25, 0.3) is 17.4 Å². The smallest absolute Gasteiger partial charge is 0.338 e. The average molecular weight is 565 g/mol. The molecule has 2 aromatic carbocycles. The highest BCUT2D eigenvalue weighted by Crippen LogP contribution is 2.31. The molecule has 9 heteroatoms. The predicted octanol–water partition coefficient (Wildman–Crippen LogP) is 4.44. The first-order chi connectivity index (χ1) is 17.4. The number of hydrogen-bond acceptors (Lipinski definition) is 7. The van der Waals surface area contributed by atoms with E-state index in [1.165, 1.54) is 23.0 Å². The molecule has 0 saturated heterocycles. The molecule has 1 unspecified atom stereocenters. The Morgan fingerprint density at radius 3 is 2.61 bits per heavy atom. The third kappa shape index (κ3) is 4.36. The van der Waals surface area contributed by atoms with Crippen LogP contribution >= 0.6 is 27.3 Å². The highest BCUT2D eigenvalue weighted by Gasteiger charge is 2.33. The van der Waals surface area contributed by atoms with E-state index in [2.05, 4.69) is 20.9 Å². The number of aromatic nitrogens is 1. The molecule has 1 aliphatic rings. The molecule has 2 aromatic heterocycles. The van der Waals surface area contributed by atoms with E-state index in [0.29, 0.717) is 37.9 Å². The summed E-state index contributed by atoms with van der Waals surface area (Å²) in [4.78, 5) is 31.5. The number of esters is 1. The van der Waals surface area contributed by atoms with Crippen LogP contribution in [0.5, 0.6) is 5.75 Å². The number of benzene rings is 2. The molecule has 0 radical (unpaired) electrons. The molecule has 5 rings (SSSR count). The minimum Gasteiger partial charge on any atom is -0.497 e. The van der Waals surface area contributed by atoms with Gasteiger partial charge in [-0.25, -0.2) is 9.79 Å². The fourth-order valence-corrected chi connectivity index (χ4v) is 5.58. The van der Waals surface area contributed by atoms with Crippen molar-refractivity contribution >= 4 is 39.3 Å². The molecule has 0 aliphatic carbocycles. The summed E-state index contributed by atoms with van der Waals surface area (Å²) in [6.07, 6.45) is 1.70. The van der Waals surface area contributed by atoms with Gasteiger partial charge in [-0.3, -0.25) is 9.36 Å². The minimum absolute atomic E-state index is 0.270. The Morgan fingerprint density at radius 2 is 1.92 bits per heavy atom. The molecule has 1 atom stereocenters. The topological polar surface area (TPSA) is 83.0 Å². The standard InChI is InChI=1S/C27H21BrN2O5S/c1-15-23(26(32)34-3)24(16-7-9-19(33-2)10-8-16)30-25(31)22(36-27(30)29-15)14-20-11-12-21(35-20)17-5-4-6-18(28)13-17/h4-14,24H,1-3H3. The van der Waals surface area contributed by atoms with Crippen molar-refractivity contribution in [3.05, 3.63) is 107 Å². The highest BCUT2D eigenvalue weighted by atomic mass is 79.9. The first-order valence-electron chi connectivity index (χ1n) is 11.0. The van der Waals surface area contributed by atoms with Crippen LogP contribution < -0.4 is 19.6 Å². The number of rotatable bonds is 5. The molecular formula is C27H21BrN2O5S. The average Bonchev–Trinajstić information content (AvgIpc) is 3.47. The number of carbonyl (C=O) groups is 1. The van der Waals surface area contributed by atoms with Crippen molar-refractivity contribution < 1.29 is 18.7 Å². The largest absolute Gasteiger partial charge is 0.497 e. The van der Waals surface area contributed by atoms with Crippen molar-refractivity contribution in [1.82, 2.24) is 4.57 Å². The molecule has 0 saturated carbocycles. The summed E-state index contributed by atoms with van der Waals surface area (Å²) >= 11 is 4.72. The van der Waals surface area contributed by atoms with E-state index < -0.39 is 12.0 Å². The Morgan fingerprint density at radius 1 is 1.14 bits per heavy atom. The van der Waals surface area contributed by atoms with Gasteiger partial charge in [-0.1, -0.05) is 51.5 Å². The summed E-state index contributed by atoms with van der Waals surface area (Å²) in [5, 5.41) is 0. The number of halogens is 1. The number of hydrogen-bond donors (Lipinski definition) is 0. The highest BCUT2D eigenvalue weighted by molar-refractivity contribution is 9.10. The molecule has 0 fully saturated rings. The number of fused-ring (bicyclic) bond motifs is 1. The zero-order chi connectivity index (χ0) is 25.4. The SMILES string of the molecule is COC(=O)C1=C(C)N=c2sc(=Cc3ccc(-c4cccc(Br)c4)o3)c(=O)n2C1c1ccc(OC)cc1. The summed E-state index contributed by atoms with van der Waals surface area (Å²) in [5.41, 5.74) is 2.22. The lowest BCUT2D eigenvalue weighted by atomic mass is 9.96. The maximum absolute atomic E-state index is 13.6. The maximum atomic E-state index is 13.6. The maximum Gasteiger partial charge on any atom is 0.338 e. The predicted molar refractivity (Wildman–Crippen MR) is 141 cm³/mol. The molecule has 1 aliphatic heterocycles. The van der Waals surface area contributed by atoms with Crippen molar-refractivity contribution in [2.24, 2.45) is 4.99 Å². The molecule has 182 valence electrons. The first kappa shape index (κ1) is 24.0. The lowest BCUT2D eigenvalue weighted by Crippen LogP contribution is -2.39. The Labute approximate surface area is 218 Å². The van der Waals surface area contributed by atoms with Gasteiger partial charge in [0.05, 0.1) is 36.1 Å². The second-order valence-corrected chi connectivity index (χ2v) is 9.98. The van der Waals surface area contributed by atoms with E-state index in [4.69, 9.17) is 13.9 Å². The van der Waals surface area contributed by atoms with Crippen LogP contribution in [0, 0.1) is 0 Å². The van der Waals surface area contributed by atoms with Crippen molar-refractivity contribution in [2.45, 2.75) is 13.0 Å². The molecule has 0 N–H and O–H groups in total. The van der Waals surface area contributed by atoms with Gasteiger partial charge in [0.25, 0.3) is 5.56 Å². The molecule has 0 bridgehead atoms. The van der Waals surface area contributed by atoms with E-state index >= 15 is 0 Å². The lowest BCUT2D eigenvalue weighted by Gasteiger charge is -2.24. The summed E-state index contributed by atoms with van der Waals surface area (Å²) in [6.45, 7) is 1.75. The van der Waals surface area contributed by atoms with Gasteiger partial charge in [0.1, 0.15) is 17.3 Å². The molecule has 36 heavy (non-hydrogen) atoms. The zero-order valence-corrected chi connectivity index (χ0v) is 22.1. The lowest BCUT2D eigenvalue weighted by molar-refractivity contribution is -0.136. The van der Waals surface area contributed by atoms with Crippen LogP contribution in [0.1, 0.15) is 24.3 Å². The Hall–Kier alpha value is -3.69. The third-order valence-corrected chi connectivity index (χ3v) is 7.34. The van der Waals surface area contributed by atoms with E-state index in [0.717, 1.165) is 15.6 Å². The molecule has 3 heterocycles. The van der Waals surface area contributed by atoms with E-state index in [1.807, 2.05) is 48.5 Å². The normalized spacial score (nSPS) is 15.4. The van der Waals surface area contributed by atoms with Gasteiger partial charge in [0, 0.05) is 16.1 Å². The van der Waals surface area contributed by atoms with Crippen LogP contribution in [-0.2, 0) is 9.53 Å². The number of allylic oxidation sites excluding steroid dienone is 1. The number of furan rings is 1. The number of methoxy groups -OCH3 is 2. The number of nitrogens with zero attached hydrogens (tertiary/aromatic N) is 2. The van der Waals surface area contributed by atoms with Gasteiger partial charge >= 0.3 is 5.97 Å². The van der Waals surface area contributed by atoms with Gasteiger partial charge in [0.15, 0.2) is 4.80 Å². The van der Waals surface area contributed by atoms with Crippen LogP contribution in [0.3, 0.4) is 0 Å².